The van der Waals surface area contributed by atoms with Crippen LogP contribution >= 0.6 is 0 Å². The third-order valence-corrected chi connectivity index (χ3v) is 4.15. The molecule has 1 aromatic carbocycles. The summed E-state index contributed by atoms with van der Waals surface area (Å²) in [6.45, 7) is 5.46. The summed E-state index contributed by atoms with van der Waals surface area (Å²) in [5.74, 6) is 0.101. The Hall–Kier alpha value is -1.35. The summed E-state index contributed by atoms with van der Waals surface area (Å²) in [5, 5.41) is 3.24. The van der Waals surface area contributed by atoms with Crippen LogP contribution in [-0.2, 0) is 5.54 Å². The zero-order valence-corrected chi connectivity index (χ0v) is 10.9. The predicted octanol–water partition coefficient (Wildman–Crippen LogP) is 2.13. The standard InChI is InChI=1S/C15H20N2O/c1-2-9-17-10-5-8-15(11-17)13-7-4-3-6-12(13)14(18)16-15/h3-4,6-7H,2,5,8-11H2,1H3,(H,16,18)/t15-/m0/s1. The lowest BCUT2D eigenvalue weighted by atomic mass is 9.83. The highest BCUT2D eigenvalue weighted by atomic mass is 16.2. The van der Waals surface area contributed by atoms with E-state index in [9.17, 15) is 4.79 Å². The van der Waals surface area contributed by atoms with Gasteiger partial charge in [0.25, 0.3) is 5.91 Å². The fourth-order valence-electron chi connectivity index (χ4n) is 3.42. The quantitative estimate of drug-likeness (QED) is 0.864. The second kappa shape index (κ2) is 4.39. The minimum atomic E-state index is -0.124. The highest BCUT2D eigenvalue weighted by Gasteiger charge is 2.44. The van der Waals surface area contributed by atoms with Gasteiger partial charge in [0.05, 0.1) is 5.54 Å². The van der Waals surface area contributed by atoms with Crippen molar-refractivity contribution in [1.82, 2.24) is 10.2 Å². The van der Waals surface area contributed by atoms with Crippen LogP contribution in [0.25, 0.3) is 0 Å². The molecule has 0 bridgehead atoms. The number of nitrogens with zero attached hydrogens (tertiary/aromatic N) is 1. The smallest absolute Gasteiger partial charge is 0.252 e. The van der Waals surface area contributed by atoms with Crippen LogP contribution < -0.4 is 5.32 Å². The Balaban J connectivity index is 1.94. The molecule has 0 unspecified atom stereocenters. The van der Waals surface area contributed by atoms with Crippen molar-refractivity contribution in [2.24, 2.45) is 0 Å². The second-order valence-corrected chi connectivity index (χ2v) is 5.46. The summed E-state index contributed by atoms with van der Waals surface area (Å²) >= 11 is 0. The Morgan fingerprint density at radius 2 is 2.22 bits per heavy atom. The van der Waals surface area contributed by atoms with Gasteiger partial charge in [0.15, 0.2) is 0 Å². The van der Waals surface area contributed by atoms with Crippen molar-refractivity contribution < 1.29 is 4.79 Å². The SMILES string of the molecule is CCCN1CCC[C@@]2(C1)NC(=O)c1ccccc12. The average molecular weight is 244 g/mol. The summed E-state index contributed by atoms with van der Waals surface area (Å²) < 4.78 is 0. The van der Waals surface area contributed by atoms with E-state index in [0.29, 0.717) is 0 Å². The highest BCUT2D eigenvalue weighted by Crippen LogP contribution is 2.38. The van der Waals surface area contributed by atoms with E-state index in [0.717, 1.165) is 38.0 Å². The number of piperidine rings is 1. The molecular formula is C15H20N2O. The van der Waals surface area contributed by atoms with Crippen LogP contribution in [0.2, 0.25) is 0 Å². The molecule has 1 spiro atoms. The first-order chi connectivity index (χ1) is 8.75. The van der Waals surface area contributed by atoms with Crippen LogP contribution in [-0.4, -0.2) is 30.4 Å². The summed E-state index contributed by atoms with van der Waals surface area (Å²) in [5.41, 5.74) is 1.95. The number of amides is 1. The number of nitrogens with one attached hydrogen (secondary N) is 1. The van der Waals surface area contributed by atoms with Gasteiger partial charge >= 0.3 is 0 Å². The number of likely N-dealkylation sites (tertiary alicyclic amines) is 1. The molecule has 2 aliphatic heterocycles. The minimum Gasteiger partial charge on any atom is -0.341 e. The summed E-state index contributed by atoms with van der Waals surface area (Å²) in [4.78, 5) is 14.6. The third-order valence-electron chi connectivity index (χ3n) is 4.15. The van der Waals surface area contributed by atoms with E-state index in [-0.39, 0.29) is 11.4 Å². The minimum absolute atomic E-state index is 0.101. The zero-order valence-electron chi connectivity index (χ0n) is 10.9. The lowest BCUT2D eigenvalue weighted by Gasteiger charge is -2.41. The number of carbonyl (C=O) groups excluding carboxylic acids is 1. The number of rotatable bonds is 2. The van der Waals surface area contributed by atoms with Crippen molar-refractivity contribution in [2.45, 2.75) is 31.7 Å². The summed E-state index contributed by atoms with van der Waals surface area (Å²) in [7, 11) is 0. The van der Waals surface area contributed by atoms with Gasteiger partial charge in [-0.1, -0.05) is 25.1 Å². The molecule has 0 aromatic heterocycles. The summed E-state index contributed by atoms with van der Waals surface area (Å²) in [6, 6.07) is 8.05. The zero-order chi connectivity index (χ0) is 12.6. The van der Waals surface area contributed by atoms with Gasteiger partial charge in [0.1, 0.15) is 0 Å². The van der Waals surface area contributed by atoms with Crippen molar-refractivity contribution in [1.29, 1.82) is 0 Å². The molecule has 1 atom stereocenters. The number of benzene rings is 1. The van der Waals surface area contributed by atoms with Crippen molar-refractivity contribution in [3.8, 4) is 0 Å². The molecule has 0 radical (unpaired) electrons. The van der Waals surface area contributed by atoms with Gasteiger partial charge in [-0.3, -0.25) is 4.79 Å². The van der Waals surface area contributed by atoms with Crippen molar-refractivity contribution in [2.75, 3.05) is 19.6 Å². The van der Waals surface area contributed by atoms with Gasteiger partial charge < -0.3 is 10.2 Å². The molecular weight excluding hydrogens is 224 g/mol. The van der Waals surface area contributed by atoms with E-state index in [2.05, 4.69) is 23.2 Å². The van der Waals surface area contributed by atoms with E-state index in [1.807, 2.05) is 18.2 Å². The van der Waals surface area contributed by atoms with Gasteiger partial charge in [0, 0.05) is 12.1 Å². The molecule has 1 fully saturated rings. The molecule has 0 saturated carbocycles. The maximum Gasteiger partial charge on any atom is 0.252 e. The number of hydrogen-bond acceptors (Lipinski definition) is 2. The molecule has 1 N–H and O–H groups in total. The average Bonchev–Trinajstić information content (AvgIpc) is 2.64. The number of hydrogen-bond donors (Lipinski definition) is 1. The van der Waals surface area contributed by atoms with Gasteiger partial charge in [-0.15, -0.1) is 0 Å². The molecule has 3 rings (SSSR count). The van der Waals surface area contributed by atoms with Crippen LogP contribution in [0.4, 0.5) is 0 Å². The largest absolute Gasteiger partial charge is 0.341 e. The molecule has 2 aliphatic rings. The number of fused-ring (bicyclic) bond motifs is 2. The maximum absolute atomic E-state index is 12.1. The van der Waals surface area contributed by atoms with Crippen LogP contribution in [0.5, 0.6) is 0 Å². The van der Waals surface area contributed by atoms with E-state index in [4.69, 9.17) is 0 Å². The molecule has 0 aliphatic carbocycles. The molecule has 1 saturated heterocycles. The molecule has 3 heteroatoms. The van der Waals surface area contributed by atoms with Crippen molar-refractivity contribution >= 4 is 5.91 Å². The first kappa shape index (κ1) is 11.7. The fourth-order valence-corrected chi connectivity index (χ4v) is 3.42. The molecule has 3 nitrogen and oxygen atoms in total. The lowest BCUT2D eigenvalue weighted by molar-refractivity contribution is 0.0838. The Morgan fingerprint density at radius 1 is 1.39 bits per heavy atom. The highest BCUT2D eigenvalue weighted by molar-refractivity contribution is 6.00. The Kier molecular flexibility index (Phi) is 2.86. The van der Waals surface area contributed by atoms with E-state index in [1.54, 1.807) is 0 Å². The van der Waals surface area contributed by atoms with Crippen LogP contribution in [0.3, 0.4) is 0 Å². The second-order valence-electron chi connectivity index (χ2n) is 5.46. The molecule has 1 amide bonds. The normalized spacial score (nSPS) is 27.3. The van der Waals surface area contributed by atoms with Crippen LogP contribution in [0.1, 0.15) is 42.1 Å². The van der Waals surface area contributed by atoms with Crippen LogP contribution in [0, 0.1) is 0 Å². The monoisotopic (exact) mass is 244 g/mol. The van der Waals surface area contributed by atoms with Crippen molar-refractivity contribution in [3.05, 3.63) is 35.4 Å². The molecule has 96 valence electrons. The predicted molar refractivity (Wildman–Crippen MR) is 71.6 cm³/mol. The maximum atomic E-state index is 12.1. The summed E-state index contributed by atoms with van der Waals surface area (Å²) in [6.07, 6.45) is 3.40. The van der Waals surface area contributed by atoms with E-state index in [1.165, 1.54) is 12.0 Å². The number of carbonyl (C=O) groups is 1. The molecule has 2 heterocycles. The topological polar surface area (TPSA) is 32.3 Å². The Bertz CT molecular complexity index is 469. The van der Waals surface area contributed by atoms with Gasteiger partial charge in [0.2, 0.25) is 0 Å². The van der Waals surface area contributed by atoms with Crippen LogP contribution in [0.15, 0.2) is 24.3 Å². The Morgan fingerprint density at radius 3 is 3.06 bits per heavy atom. The van der Waals surface area contributed by atoms with E-state index >= 15 is 0 Å². The van der Waals surface area contributed by atoms with Gasteiger partial charge in [-0.25, -0.2) is 0 Å². The third kappa shape index (κ3) is 1.74. The molecule has 1 aromatic rings. The first-order valence-corrected chi connectivity index (χ1v) is 6.89. The van der Waals surface area contributed by atoms with E-state index < -0.39 is 0 Å². The lowest BCUT2D eigenvalue weighted by Crippen LogP contribution is -2.52. The van der Waals surface area contributed by atoms with Gasteiger partial charge in [-0.2, -0.15) is 0 Å². The van der Waals surface area contributed by atoms with Gasteiger partial charge in [-0.05, 0) is 44.0 Å². The fraction of sp³-hybridized carbons (Fsp3) is 0.533. The first-order valence-electron chi connectivity index (χ1n) is 6.89. The molecule has 18 heavy (non-hydrogen) atoms. The van der Waals surface area contributed by atoms with Crippen molar-refractivity contribution in [3.63, 3.8) is 0 Å². The Labute approximate surface area is 108 Å².